The lowest BCUT2D eigenvalue weighted by Crippen LogP contribution is -2.44. The quantitative estimate of drug-likeness (QED) is 0.692. The summed E-state index contributed by atoms with van der Waals surface area (Å²) in [6, 6.07) is -0.0975. The summed E-state index contributed by atoms with van der Waals surface area (Å²) in [5.74, 6) is -0.266. The monoisotopic (exact) mass is 242 g/mol. The van der Waals surface area contributed by atoms with Gasteiger partial charge in [-0.3, -0.25) is 9.59 Å². The molecule has 0 spiro atoms. The number of amides is 1. The number of hydrogen-bond acceptors (Lipinski definition) is 4. The van der Waals surface area contributed by atoms with Crippen molar-refractivity contribution in [1.82, 2.24) is 10.6 Å². The van der Waals surface area contributed by atoms with Crippen LogP contribution in [0.25, 0.3) is 0 Å². The Balaban J connectivity index is 2.17. The van der Waals surface area contributed by atoms with Gasteiger partial charge in [0.15, 0.2) is 0 Å². The molecule has 1 atom stereocenters. The Kier molecular flexibility index (Phi) is 6.62. The van der Waals surface area contributed by atoms with E-state index >= 15 is 0 Å². The highest BCUT2D eigenvalue weighted by atomic mass is 16.5. The van der Waals surface area contributed by atoms with Crippen molar-refractivity contribution in [2.24, 2.45) is 0 Å². The molecule has 1 aliphatic rings. The number of nitrogens with one attached hydrogen (secondary N) is 2. The van der Waals surface area contributed by atoms with E-state index in [2.05, 4.69) is 10.6 Å². The van der Waals surface area contributed by atoms with Crippen LogP contribution >= 0.6 is 0 Å². The van der Waals surface area contributed by atoms with Crippen LogP contribution in [0.1, 0.15) is 39.0 Å². The highest BCUT2D eigenvalue weighted by molar-refractivity contribution is 5.82. The average molecular weight is 242 g/mol. The molecule has 1 heterocycles. The third-order valence-electron chi connectivity index (χ3n) is 2.81. The van der Waals surface area contributed by atoms with Crippen molar-refractivity contribution in [3.8, 4) is 0 Å². The molecule has 0 radical (unpaired) electrons. The smallest absolute Gasteiger partial charge is 0.307 e. The van der Waals surface area contributed by atoms with Crippen molar-refractivity contribution < 1.29 is 14.3 Å². The van der Waals surface area contributed by atoms with E-state index in [0.29, 0.717) is 13.2 Å². The maximum absolute atomic E-state index is 11.8. The normalized spacial score (nSPS) is 20.4. The fourth-order valence-corrected chi connectivity index (χ4v) is 1.90. The van der Waals surface area contributed by atoms with E-state index in [-0.39, 0.29) is 24.3 Å². The van der Waals surface area contributed by atoms with E-state index in [1.165, 1.54) is 6.42 Å². The van der Waals surface area contributed by atoms with Crippen LogP contribution in [-0.2, 0) is 14.3 Å². The minimum atomic E-state index is -0.262. The van der Waals surface area contributed by atoms with Crippen molar-refractivity contribution in [1.29, 1.82) is 0 Å². The summed E-state index contributed by atoms with van der Waals surface area (Å²) in [5.41, 5.74) is 0. The van der Waals surface area contributed by atoms with Crippen LogP contribution in [0.15, 0.2) is 0 Å². The number of ether oxygens (including phenoxy) is 1. The van der Waals surface area contributed by atoms with Gasteiger partial charge in [-0.25, -0.2) is 0 Å². The first-order valence-electron chi connectivity index (χ1n) is 6.40. The van der Waals surface area contributed by atoms with Gasteiger partial charge in [0.05, 0.1) is 19.1 Å². The summed E-state index contributed by atoms with van der Waals surface area (Å²) in [7, 11) is 0. The Morgan fingerprint density at radius 3 is 2.94 bits per heavy atom. The minimum Gasteiger partial charge on any atom is -0.466 e. The van der Waals surface area contributed by atoms with Crippen molar-refractivity contribution in [3.05, 3.63) is 0 Å². The number of rotatable bonds is 5. The van der Waals surface area contributed by atoms with E-state index in [1.807, 2.05) is 0 Å². The third-order valence-corrected chi connectivity index (χ3v) is 2.81. The van der Waals surface area contributed by atoms with Gasteiger partial charge in [0, 0.05) is 6.54 Å². The molecule has 98 valence electrons. The molecular formula is C12H22N2O3. The maximum atomic E-state index is 11.8. The van der Waals surface area contributed by atoms with Crippen molar-refractivity contribution >= 4 is 11.9 Å². The zero-order valence-electron chi connectivity index (χ0n) is 10.5. The SMILES string of the molecule is CCOC(=O)CCNC(=O)C1CCCCCN1. The van der Waals surface area contributed by atoms with Gasteiger partial charge in [0.25, 0.3) is 0 Å². The Labute approximate surface area is 102 Å². The summed E-state index contributed by atoms with van der Waals surface area (Å²) in [4.78, 5) is 22.8. The summed E-state index contributed by atoms with van der Waals surface area (Å²) in [6.45, 7) is 3.41. The van der Waals surface area contributed by atoms with Gasteiger partial charge in [-0.05, 0) is 26.3 Å². The van der Waals surface area contributed by atoms with Crippen LogP contribution in [0.2, 0.25) is 0 Å². The molecule has 1 saturated heterocycles. The molecule has 2 N–H and O–H groups in total. The van der Waals surface area contributed by atoms with Crippen LogP contribution in [-0.4, -0.2) is 37.6 Å². The Morgan fingerprint density at radius 1 is 1.35 bits per heavy atom. The van der Waals surface area contributed by atoms with E-state index in [9.17, 15) is 9.59 Å². The molecule has 0 aliphatic carbocycles. The highest BCUT2D eigenvalue weighted by Gasteiger charge is 2.18. The Hall–Kier alpha value is -1.10. The molecular weight excluding hydrogens is 220 g/mol. The molecule has 1 fully saturated rings. The zero-order valence-corrected chi connectivity index (χ0v) is 10.5. The van der Waals surface area contributed by atoms with Gasteiger partial charge in [0.2, 0.25) is 5.91 Å². The number of hydrogen-bond donors (Lipinski definition) is 2. The molecule has 0 bridgehead atoms. The van der Waals surface area contributed by atoms with Gasteiger partial charge < -0.3 is 15.4 Å². The summed E-state index contributed by atoms with van der Waals surface area (Å²) >= 11 is 0. The van der Waals surface area contributed by atoms with Gasteiger partial charge in [-0.2, -0.15) is 0 Å². The molecule has 0 aromatic heterocycles. The molecule has 0 saturated carbocycles. The minimum absolute atomic E-state index is 0.00352. The van der Waals surface area contributed by atoms with E-state index in [0.717, 1.165) is 25.8 Å². The predicted octanol–water partition coefficient (Wildman–Crippen LogP) is 0.588. The second kappa shape index (κ2) is 8.06. The van der Waals surface area contributed by atoms with Crippen LogP contribution < -0.4 is 10.6 Å². The van der Waals surface area contributed by atoms with Gasteiger partial charge in [0.1, 0.15) is 0 Å². The molecule has 17 heavy (non-hydrogen) atoms. The maximum Gasteiger partial charge on any atom is 0.307 e. The van der Waals surface area contributed by atoms with Gasteiger partial charge >= 0.3 is 5.97 Å². The van der Waals surface area contributed by atoms with E-state index < -0.39 is 0 Å². The number of esters is 1. The van der Waals surface area contributed by atoms with Gasteiger partial charge in [-0.15, -0.1) is 0 Å². The largest absolute Gasteiger partial charge is 0.466 e. The van der Waals surface area contributed by atoms with Crippen LogP contribution in [0.3, 0.4) is 0 Å². The molecule has 1 aliphatic heterocycles. The number of carbonyl (C=O) groups is 2. The van der Waals surface area contributed by atoms with Crippen molar-refractivity contribution in [2.75, 3.05) is 19.7 Å². The lowest BCUT2D eigenvalue weighted by atomic mass is 10.1. The highest BCUT2D eigenvalue weighted by Crippen LogP contribution is 2.08. The predicted molar refractivity (Wildman–Crippen MR) is 64.5 cm³/mol. The molecule has 0 aromatic rings. The van der Waals surface area contributed by atoms with Crippen LogP contribution in [0, 0.1) is 0 Å². The van der Waals surface area contributed by atoms with E-state index in [4.69, 9.17) is 4.74 Å². The molecule has 0 aromatic carbocycles. The first kappa shape index (κ1) is 14.0. The Bertz CT molecular complexity index is 248. The lowest BCUT2D eigenvalue weighted by molar-refractivity contribution is -0.143. The molecule has 5 heteroatoms. The molecule has 5 nitrogen and oxygen atoms in total. The third kappa shape index (κ3) is 5.68. The molecule has 1 rings (SSSR count). The lowest BCUT2D eigenvalue weighted by Gasteiger charge is -2.15. The summed E-state index contributed by atoms with van der Waals surface area (Å²) in [5, 5.41) is 5.98. The Morgan fingerprint density at radius 2 is 2.18 bits per heavy atom. The van der Waals surface area contributed by atoms with Crippen LogP contribution in [0.5, 0.6) is 0 Å². The van der Waals surface area contributed by atoms with Crippen LogP contribution in [0.4, 0.5) is 0 Å². The molecule has 1 amide bonds. The first-order chi connectivity index (χ1) is 8.24. The summed E-state index contributed by atoms with van der Waals surface area (Å²) < 4.78 is 4.78. The number of carbonyl (C=O) groups excluding carboxylic acids is 2. The van der Waals surface area contributed by atoms with Gasteiger partial charge in [-0.1, -0.05) is 12.8 Å². The topological polar surface area (TPSA) is 67.4 Å². The second-order valence-electron chi connectivity index (χ2n) is 4.20. The van der Waals surface area contributed by atoms with Crippen molar-refractivity contribution in [3.63, 3.8) is 0 Å². The molecule has 1 unspecified atom stereocenters. The first-order valence-corrected chi connectivity index (χ1v) is 6.40. The zero-order chi connectivity index (χ0) is 12.5. The fraction of sp³-hybridized carbons (Fsp3) is 0.833. The average Bonchev–Trinajstić information content (AvgIpc) is 2.57. The summed E-state index contributed by atoms with van der Waals surface area (Å²) in [6.07, 6.45) is 4.52. The second-order valence-corrected chi connectivity index (χ2v) is 4.20. The van der Waals surface area contributed by atoms with E-state index in [1.54, 1.807) is 6.92 Å². The van der Waals surface area contributed by atoms with Crippen molar-refractivity contribution in [2.45, 2.75) is 45.1 Å². The standard InChI is InChI=1S/C12H22N2O3/c1-2-17-11(15)7-9-14-12(16)10-6-4-3-5-8-13-10/h10,13H,2-9H2,1H3,(H,14,16). The fourth-order valence-electron chi connectivity index (χ4n) is 1.90.